The van der Waals surface area contributed by atoms with Gasteiger partial charge in [-0.15, -0.1) is 0 Å². The highest BCUT2D eigenvalue weighted by Crippen LogP contribution is 2.36. The van der Waals surface area contributed by atoms with Crippen molar-refractivity contribution in [3.05, 3.63) is 63.3 Å². The second-order valence-electron chi connectivity index (χ2n) is 7.78. The summed E-state index contributed by atoms with van der Waals surface area (Å²) in [6.07, 6.45) is 3.93. The van der Waals surface area contributed by atoms with Crippen molar-refractivity contribution in [3.8, 4) is 0 Å². The van der Waals surface area contributed by atoms with Gasteiger partial charge < -0.3 is 13.9 Å². The predicted molar refractivity (Wildman–Crippen MR) is 110 cm³/mol. The zero-order chi connectivity index (χ0) is 20.8. The van der Waals surface area contributed by atoms with Crippen molar-refractivity contribution >= 4 is 34.9 Å². The molecule has 0 aromatic carbocycles. The Hall–Kier alpha value is -3.07. The lowest BCUT2D eigenvalue weighted by Crippen LogP contribution is -2.51. The van der Waals surface area contributed by atoms with Crippen LogP contribution in [0, 0.1) is 5.92 Å². The minimum absolute atomic E-state index is 0.0110. The third-order valence-electron chi connectivity index (χ3n) is 5.82. The maximum absolute atomic E-state index is 12.9. The molecule has 2 aromatic heterocycles. The third-order valence-corrected chi connectivity index (χ3v) is 6.72. The molecule has 0 aliphatic carbocycles. The molecule has 0 spiro atoms. The second-order valence-corrected chi connectivity index (χ2v) is 8.77. The van der Waals surface area contributed by atoms with E-state index in [1.807, 2.05) is 6.07 Å². The van der Waals surface area contributed by atoms with Crippen molar-refractivity contribution in [1.29, 1.82) is 0 Å². The number of furan rings is 1. The number of hydrogen-bond acceptors (Lipinski definition) is 6. The van der Waals surface area contributed by atoms with Gasteiger partial charge in [0, 0.05) is 43.4 Å². The number of imide groups is 1. The molecule has 0 unspecified atom stereocenters. The number of aromatic nitrogens is 1. The van der Waals surface area contributed by atoms with Crippen LogP contribution in [0.15, 0.2) is 50.7 Å². The van der Waals surface area contributed by atoms with E-state index in [4.69, 9.17) is 4.42 Å². The van der Waals surface area contributed by atoms with Crippen molar-refractivity contribution in [3.63, 3.8) is 0 Å². The fourth-order valence-corrected chi connectivity index (χ4v) is 5.29. The molecule has 154 valence electrons. The summed E-state index contributed by atoms with van der Waals surface area (Å²) < 4.78 is 7.00. The highest BCUT2D eigenvalue weighted by Gasteiger charge is 2.40. The Labute approximate surface area is 176 Å². The summed E-state index contributed by atoms with van der Waals surface area (Å²) in [5.74, 6) is 0.0181. The molecule has 2 saturated heterocycles. The van der Waals surface area contributed by atoms with Gasteiger partial charge >= 0.3 is 0 Å². The largest absolute Gasteiger partial charge is 0.465 e. The van der Waals surface area contributed by atoms with Crippen LogP contribution in [-0.2, 0) is 16.1 Å². The molecule has 9 heteroatoms. The number of fused-ring (bicyclic) bond motifs is 4. The maximum Gasteiger partial charge on any atom is 0.294 e. The van der Waals surface area contributed by atoms with Crippen LogP contribution in [0.25, 0.3) is 6.08 Å². The number of thioether (sulfide) groups is 1. The minimum atomic E-state index is -0.483. The molecule has 5 rings (SSSR count). The van der Waals surface area contributed by atoms with E-state index in [0.717, 1.165) is 28.8 Å². The molecule has 0 radical (unpaired) electrons. The van der Waals surface area contributed by atoms with E-state index < -0.39 is 11.1 Å². The summed E-state index contributed by atoms with van der Waals surface area (Å²) in [6, 6.07) is 8.63. The smallest absolute Gasteiger partial charge is 0.294 e. The summed E-state index contributed by atoms with van der Waals surface area (Å²) in [6.45, 7) is 1.32. The van der Waals surface area contributed by atoms with Crippen molar-refractivity contribution < 1.29 is 18.8 Å². The molecule has 5 heterocycles. The van der Waals surface area contributed by atoms with Gasteiger partial charge in [-0.3, -0.25) is 24.1 Å². The van der Waals surface area contributed by atoms with E-state index in [9.17, 15) is 19.2 Å². The number of carbonyl (C=O) groups excluding carboxylic acids is 3. The Kier molecular flexibility index (Phi) is 4.62. The van der Waals surface area contributed by atoms with Gasteiger partial charge in [-0.1, -0.05) is 6.07 Å². The van der Waals surface area contributed by atoms with E-state index >= 15 is 0 Å². The number of piperidine rings is 1. The Balaban J connectivity index is 1.30. The van der Waals surface area contributed by atoms with Gasteiger partial charge in [-0.2, -0.15) is 0 Å². The molecule has 2 aromatic rings. The van der Waals surface area contributed by atoms with Crippen molar-refractivity contribution in [1.82, 2.24) is 14.4 Å². The van der Waals surface area contributed by atoms with Crippen LogP contribution >= 0.6 is 11.8 Å². The summed E-state index contributed by atoms with van der Waals surface area (Å²) in [5, 5.41) is -0.458. The van der Waals surface area contributed by atoms with E-state index in [1.165, 1.54) is 12.3 Å². The van der Waals surface area contributed by atoms with Crippen molar-refractivity contribution in [2.45, 2.75) is 18.9 Å². The number of nitrogens with zero attached hydrogens (tertiary/aromatic N) is 3. The van der Waals surface area contributed by atoms with Crippen LogP contribution in [0.3, 0.4) is 0 Å². The fourth-order valence-electron chi connectivity index (χ4n) is 4.47. The molecular weight excluding hydrogens is 406 g/mol. The predicted octanol–water partition coefficient (Wildman–Crippen LogP) is 2.12. The quantitative estimate of drug-likeness (QED) is 0.700. The molecule has 0 N–H and O–H groups in total. The number of carbonyl (C=O) groups is 3. The molecule has 2 bridgehead atoms. The van der Waals surface area contributed by atoms with Crippen LogP contribution in [0.4, 0.5) is 4.79 Å². The van der Waals surface area contributed by atoms with E-state index in [1.54, 1.807) is 33.7 Å². The molecule has 2 atom stereocenters. The third kappa shape index (κ3) is 3.28. The van der Waals surface area contributed by atoms with Crippen LogP contribution in [0.2, 0.25) is 0 Å². The molecule has 8 nitrogen and oxygen atoms in total. The highest BCUT2D eigenvalue weighted by molar-refractivity contribution is 8.18. The summed E-state index contributed by atoms with van der Waals surface area (Å²) >= 11 is 0.807. The lowest BCUT2D eigenvalue weighted by Gasteiger charge is -2.43. The second kappa shape index (κ2) is 7.32. The van der Waals surface area contributed by atoms with Gasteiger partial charge in [0.15, 0.2) is 0 Å². The maximum atomic E-state index is 12.9. The number of hydrogen-bond donors (Lipinski definition) is 0. The molecule has 3 aliphatic heterocycles. The van der Waals surface area contributed by atoms with E-state index in [-0.39, 0.29) is 34.8 Å². The topological polar surface area (TPSA) is 92.8 Å². The van der Waals surface area contributed by atoms with E-state index in [0.29, 0.717) is 25.4 Å². The van der Waals surface area contributed by atoms with Crippen molar-refractivity contribution in [2.75, 3.05) is 19.6 Å². The number of likely N-dealkylation sites (tertiary alicyclic amines) is 1. The van der Waals surface area contributed by atoms with Crippen LogP contribution in [0.1, 0.15) is 23.8 Å². The Morgan fingerprint density at radius 3 is 2.80 bits per heavy atom. The first-order chi connectivity index (χ1) is 14.5. The normalized spacial score (nSPS) is 24.5. The van der Waals surface area contributed by atoms with Crippen LogP contribution < -0.4 is 5.56 Å². The summed E-state index contributed by atoms with van der Waals surface area (Å²) in [7, 11) is 0. The lowest BCUT2D eigenvalue weighted by atomic mass is 9.83. The van der Waals surface area contributed by atoms with Crippen LogP contribution in [-0.4, -0.2) is 51.1 Å². The Morgan fingerprint density at radius 2 is 2.00 bits per heavy atom. The lowest BCUT2D eigenvalue weighted by molar-refractivity contribution is -0.138. The van der Waals surface area contributed by atoms with Gasteiger partial charge in [0.1, 0.15) is 12.3 Å². The Morgan fingerprint density at radius 1 is 1.13 bits per heavy atom. The van der Waals surface area contributed by atoms with Gasteiger partial charge in [0.2, 0.25) is 5.91 Å². The van der Waals surface area contributed by atoms with Crippen LogP contribution in [0.5, 0.6) is 0 Å². The summed E-state index contributed by atoms with van der Waals surface area (Å²) in [4.78, 5) is 53.0. The van der Waals surface area contributed by atoms with E-state index in [2.05, 4.69) is 0 Å². The average molecular weight is 425 g/mol. The average Bonchev–Trinajstić information content (AvgIpc) is 3.33. The van der Waals surface area contributed by atoms with Gasteiger partial charge in [-0.05, 0) is 42.3 Å². The Bertz CT molecular complexity index is 1120. The fraction of sp³-hybridized carbons (Fsp3) is 0.333. The molecule has 0 saturated carbocycles. The monoisotopic (exact) mass is 425 g/mol. The van der Waals surface area contributed by atoms with Crippen molar-refractivity contribution in [2.24, 2.45) is 5.92 Å². The number of amides is 3. The first kappa shape index (κ1) is 18.9. The number of rotatable bonds is 3. The molecular formula is C21H19N3O5S. The zero-order valence-corrected chi connectivity index (χ0v) is 16.8. The minimum Gasteiger partial charge on any atom is -0.465 e. The summed E-state index contributed by atoms with van der Waals surface area (Å²) in [5.41, 5.74) is 0.937. The number of pyridine rings is 1. The SMILES string of the molecule is O=C(CN1C(=O)S/C(=C\c2ccco2)C1=O)N1C[C@H]2C[C@H](C1)c1cccc(=O)n1C2. The van der Waals surface area contributed by atoms with Gasteiger partial charge in [0.05, 0.1) is 11.2 Å². The zero-order valence-electron chi connectivity index (χ0n) is 16.0. The van der Waals surface area contributed by atoms with Gasteiger partial charge in [0.25, 0.3) is 16.7 Å². The highest BCUT2D eigenvalue weighted by atomic mass is 32.2. The first-order valence-electron chi connectivity index (χ1n) is 9.76. The molecule has 30 heavy (non-hydrogen) atoms. The molecule has 3 amide bonds. The van der Waals surface area contributed by atoms with Gasteiger partial charge in [-0.25, -0.2) is 0 Å². The standard InChI is InChI=1S/C21H19N3O5S/c25-18-5-1-4-16-14-7-13(10-23(16)18)9-22(11-14)19(26)12-24-20(27)17(30-21(24)28)8-15-3-2-6-29-15/h1-6,8,13-14H,7,9-12H2/b17-8-/t13-,14-/m1/s1. The molecule has 3 aliphatic rings. The first-order valence-corrected chi connectivity index (χ1v) is 10.6. The molecule has 2 fully saturated rings.